The van der Waals surface area contributed by atoms with Gasteiger partial charge in [0, 0.05) is 36.5 Å². The molecule has 0 aliphatic heterocycles. The van der Waals surface area contributed by atoms with E-state index in [0.717, 1.165) is 53.3 Å². The molecule has 0 fully saturated rings. The maximum Gasteiger partial charge on any atom is 0.306 e. The second-order valence-electron chi connectivity index (χ2n) is 16.7. The van der Waals surface area contributed by atoms with Crippen molar-refractivity contribution < 1.29 is 97.0 Å². The fourth-order valence-corrected chi connectivity index (χ4v) is 8.78. The number of rotatable bonds is 31. The zero-order chi connectivity index (χ0) is 59.6. The van der Waals surface area contributed by atoms with Crippen molar-refractivity contribution in [3.8, 4) is 46.0 Å². The number of phenolic OH excluding ortho intramolecular Hbond substituents is 5. The monoisotopic (exact) mass is 1190 g/mol. The average Bonchev–Trinajstić information content (AvgIpc) is 3.46. The van der Waals surface area contributed by atoms with Gasteiger partial charge >= 0.3 is 17.9 Å². The van der Waals surface area contributed by atoms with Crippen LogP contribution in [0.15, 0.2) is 97.1 Å². The van der Waals surface area contributed by atoms with Crippen molar-refractivity contribution in [3.63, 3.8) is 0 Å². The predicted octanol–water partition coefficient (Wildman–Crippen LogP) is 8.44. The molecule has 0 saturated carbocycles. The maximum absolute atomic E-state index is 12.8. The predicted molar refractivity (Wildman–Crippen MR) is 311 cm³/mol. The topological polar surface area (TPSA) is 302 Å². The molecule has 434 valence electrons. The summed E-state index contributed by atoms with van der Waals surface area (Å²) in [7, 11) is 5.59. The van der Waals surface area contributed by atoms with Crippen LogP contribution in [0.4, 0.5) is 0 Å². The smallest absolute Gasteiger partial charge is 0.306 e. The molecule has 81 heavy (non-hydrogen) atoms. The van der Waals surface area contributed by atoms with Crippen molar-refractivity contribution in [1.29, 1.82) is 0 Å². The van der Waals surface area contributed by atoms with Crippen LogP contribution in [0.3, 0.4) is 0 Å². The summed E-state index contributed by atoms with van der Waals surface area (Å²) in [6, 6.07) is 18.1. The van der Waals surface area contributed by atoms with Gasteiger partial charge in [-0.25, -0.2) is 0 Å². The summed E-state index contributed by atoms with van der Waals surface area (Å²) in [5.74, 6) is -1.23. The first kappa shape index (κ1) is 67.6. The molecule has 0 saturated heterocycles. The molecular formula is C57H62O20S4. The van der Waals surface area contributed by atoms with Crippen molar-refractivity contribution in [2.45, 2.75) is 25.7 Å². The van der Waals surface area contributed by atoms with Crippen LogP contribution in [0.1, 0.15) is 47.9 Å². The lowest BCUT2D eigenvalue weighted by Gasteiger charge is -2.31. The van der Waals surface area contributed by atoms with E-state index in [1.165, 1.54) is 107 Å². The van der Waals surface area contributed by atoms with E-state index in [2.05, 4.69) is 0 Å². The number of hydrogen-bond acceptors (Lipinski definition) is 24. The van der Waals surface area contributed by atoms with E-state index in [0.29, 0.717) is 34.4 Å². The van der Waals surface area contributed by atoms with Crippen LogP contribution in [0.2, 0.25) is 0 Å². The summed E-state index contributed by atoms with van der Waals surface area (Å²) in [4.78, 5) is 97.2. The molecule has 0 radical (unpaired) electrons. The van der Waals surface area contributed by atoms with Gasteiger partial charge < -0.3 is 63.5 Å². The Balaban J connectivity index is 0.000000861. The Morgan fingerprint density at radius 2 is 0.765 bits per heavy atom. The zero-order valence-corrected chi connectivity index (χ0v) is 47.9. The lowest BCUT2D eigenvalue weighted by Crippen LogP contribution is -2.43. The van der Waals surface area contributed by atoms with Crippen molar-refractivity contribution in [1.82, 2.24) is 0 Å². The highest BCUT2D eigenvalue weighted by Crippen LogP contribution is 2.30. The third kappa shape index (κ3) is 26.9. The van der Waals surface area contributed by atoms with Crippen LogP contribution < -0.4 is 14.2 Å². The highest BCUT2D eigenvalue weighted by atomic mass is 32.2. The number of ether oxygens (including phenoxy) is 7. The molecule has 0 aliphatic carbocycles. The van der Waals surface area contributed by atoms with Gasteiger partial charge in [-0.15, -0.1) is 0 Å². The zero-order valence-electron chi connectivity index (χ0n) is 44.6. The van der Waals surface area contributed by atoms with E-state index in [-0.39, 0.29) is 110 Å². The van der Waals surface area contributed by atoms with E-state index in [1.54, 1.807) is 42.5 Å². The molecule has 0 spiro atoms. The summed E-state index contributed by atoms with van der Waals surface area (Å²) < 4.78 is 37.1. The molecule has 0 heterocycles. The minimum atomic E-state index is -1.36. The normalized spacial score (nSPS) is 11.3. The summed E-state index contributed by atoms with van der Waals surface area (Å²) in [5.41, 5.74) is 0.980. The molecule has 0 amide bonds. The largest absolute Gasteiger partial charge is 0.504 e. The van der Waals surface area contributed by atoms with Crippen LogP contribution in [0.25, 0.3) is 24.3 Å². The molecule has 0 unspecified atom stereocenters. The molecule has 0 bridgehead atoms. The number of aldehydes is 1. The van der Waals surface area contributed by atoms with Crippen LogP contribution >= 0.6 is 47.0 Å². The highest BCUT2D eigenvalue weighted by Gasteiger charge is 2.36. The number of methoxy groups -OCH3 is 4. The summed E-state index contributed by atoms with van der Waals surface area (Å²) >= 11 is 3.67. The van der Waals surface area contributed by atoms with Crippen LogP contribution in [0, 0.1) is 5.41 Å². The minimum absolute atomic E-state index is 0.0474. The third-order valence-electron chi connectivity index (χ3n) is 10.5. The Hall–Kier alpha value is -7.64. The third-order valence-corrected chi connectivity index (χ3v) is 13.8. The molecule has 5 N–H and O–H groups in total. The van der Waals surface area contributed by atoms with E-state index in [1.807, 2.05) is 0 Å². The number of carbonyl (C=O) groups is 8. The first-order valence-corrected chi connectivity index (χ1v) is 28.2. The first-order valence-electron chi connectivity index (χ1n) is 24.2. The van der Waals surface area contributed by atoms with Gasteiger partial charge in [0.15, 0.2) is 46.0 Å². The molecule has 0 aliphatic rings. The molecular weight excluding hydrogens is 1130 g/mol. The van der Waals surface area contributed by atoms with Gasteiger partial charge in [-0.05, 0) is 95.1 Å². The second-order valence-corrected chi connectivity index (χ2v) is 21.1. The summed E-state index contributed by atoms with van der Waals surface area (Å²) in [6.07, 6.45) is 12.0. The van der Waals surface area contributed by atoms with Gasteiger partial charge in [-0.3, -0.25) is 33.6 Å². The molecule has 4 rings (SSSR count). The Morgan fingerprint density at radius 1 is 0.420 bits per heavy atom. The lowest BCUT2D eigenvalue weighted by molar-refractivity contribution is -0.166. The molecule has 24 heteroatoms. The van der Waals surface area contributed by atoms with Crippen LogP contribution in [-0.2, 0) is 57.3 Å². The Labute approximate surface area is 484 Å². The molecule has 0 atom stereocenters. The molecule has 4 aromatic rings. The Kier molecular flexibility index (Phi) is 31.2. The number of esters is 3. The first-order chi connectivity index (χ1) is 38.8. The summed E-state index contributed by atoms with van der Waals surface area (Å²) in [5, 5.41) is 46.8. The van der Waals surface area contributed by atoms with Crippen LogP contribution in [0.5, 0.6) is 46.0 Å². The van der Waals surface area contributed by atoms with Gasteiger partial charge in [0.1, 0.15) is 26.1 Å². The number of phenols is 5. The van der Waals surface area contributed by atoms with Crippen molar-refractivity contribution in [2.75, 3.05) is 77.9 Å². The summed E-state index contributed by atoms with van der Waals surface area (Å²) in [6.45, 7) is -1.39. The van der Waals surface area contributed by atoms with E-state index < -0.39 is 43.1 Å². The quantitative estimate of drug-likeness (QED) is 0.00788. The van der Waals surface area contributed by atoms with E-state index in [9.17, 15) is 58.8 Å². The molecule has 0 aromatic heterocycles. The average molecular weight is 1200 g/mol. The number of carbonyl (C=O) groups excluding carboxylic acids is 8. The number of benzene rings is 4. The minimum Gasteiger partial charge on any atom is -0.504 e. The van der Waals surface area contributed by atoms with Gasteiger partial charge in [0.2, 0.25) is 20.5 Å². The van der Waals surface area contributed by atoms with Gasteiger partial charge in [0.05, 0.1) is 52.6 Å². The highest BCUT2D eigenvalue weighted by molar-refractivity contribution is 8.14. The van der Waals surface area contributed by atoms with E-state index >= 15 is 0 Å². The van der Waals surface area contributed by atoms with Gasteiger partial charge in [-0.2, -0.15) is 0 Å². The van der Waals surface area contributed by atoms with Crippen molar-refractivity contribution in [2.24, 2.45) is 5.41 Å². The second kappa shape index (κ2) is 37.3. The maximum atomic E-state index is 12.8. The number of thioether (sulfide) groups is 4. The fraction of sp³-hybridized carbons (Fsp3) is 0.298. The standard InChI is InChI=1S/C45H50O16S3.C12H12O4S/c1-55-26-45(27-59-39(49)17-20-62-42(52)14-8-30-6-12-36(56-2)34(47)23-30,28-60-40(50)18-21-63-43(53)15-9-31-7-13-37(57-3)35(48)24-31)29-61-41(51)19-22-64-44(54)16-10-32-5-11-33(46)38(25-32)58-4;13-6-1-7-17-12(16)5-3-9-2-4-10(14)11(15)8-9/h5-16,23-25,46-48H,17-22,26-29H2,1-4H3;2-6,8,14-15H,1,7H2/b14-8+,15-9+,16-10+;5-3+. The van der Waals surface area contributed by atoms with Crippen LogP contribution in [-0.4, -0.2) is 148 Å². The fourth-order valence-electron chi connectivity index (χ4n) is 6.30. The van der Waals surface area contributed by atoms with Gasteiger partial charge in [-0.1, -0.05) is 95.6 Å². The Morgan fingerprint density at radius 3 is 1.11 bits per heavy atom. The van der Waals surface area contributed by atoms with Crippen molar-refractivity contribution >= 4 is 116 Å². The van der Waals surface area contributed by atoms with E-state index in [4.69, 9.17) is 38.3 Å². The van der Waals surface area contributed by atoms with Crippen molar-refractivity contribution in [3.05, 3.63) is 119 Å². The lowest BCUT2D eigenvalue weighted by atomic mass is 9.92. The Bertz CT molecular complexity index is 2800. The number of hydrogen-bond donors (Lipinski definition) is 5. The molecule has 20 nitrogen and oxygen atoms in total. The molecule has 4 aromatic carbocycles. The number of aromatic hydroxyl groups is 5. The SMILES string of the molecule is COCC(COC(=O)CCSC(=O)/C=C/c1ccc(OC)c(O)c1)(COC(=O)CCSC(=O)/C=C/c1ccc(OC)c(O)c1)COC(=O)CCSC(=O)/C=C/c1ccc(O)c(OC)c1.O=CCCSC(=O)/C=C/c1ccc(O)c(O)c1. The van der Waals surface area contributed by atoms with Gasteiger partial charge in [0.25, 0.3) is 0 Å².